The van der Waals surface area contributed by atoms with Gasteiger partial charge in [-0.25, -0.2) is 0 Å². The van der Waals surface area contributed by atoms with E-state index >= 15 is 0 Å². The van der Waals surface area contributed by atoms with Crippen molar-refractivity contribution in [1.29, 1.82) is 0 Å². The van der Waals surface area contributed by atoms with Crippen LogP contribution < -0.4 is 0 Å². The Morgan fingerprint density at radius 3 is 2.64 bits per heavy atom. The van der Waals surface area contributed by atoms with Crippen LogP contribution in [0.5, 0.6) is 0 Å². The summed E-state index contributed by atoms with van der Waals surface area (Å²) in [5, 5.41) is 1.42. The standard InChI is InChI=1S/C12H24O.Al.H/c1-5-11(10-13)8-6-7-9-12(2,3)4;;/h11H,1,5-10H2,2-4H3;;/q-1;+1;. The first kappa shape index (κ1) is 12.6. The lowest BCUT2D eigenvalue weighted by Crippen LogP contribution is -2.18. The van der Waals surface area contributed by atoms with E-state index < -0.39 is 0 Å². The molecule has 82 valence electrons. The Labute approximate surface area is 95.7 Å². The Morgan fingerprint density at radius 2 is 2.07 bits per heavy atom. The van der Waals surface area contributed by atoms with Gasteiger partial charge >= 0.3 is 15.6 Å². The molecule has 1 fully saturated rings. The second-order valence-electron chi connectivity index (χ2n) is 5.89. The van der Waals surface area contributed by atoms with Gasteiger partial charge in [0.05, 0.1) is 0 Å². The molecule has 1 unspecified atom stereocenters. The Balaban J connectivity index is 1.97. The van der Waals surface area contributed by atoms with Gasteiger partial charge in [0.15, 0.2) is 0 Å². The predicted octanol–water partition coefficient (Wildman–Crippen LogP) is 3.40. The highest BCUT2D eigenvalue weighted by atomic mass is 27.1. The number of hydrogen-bond acceptors (Lipinski definition) is 1. The first-order chi connectivity index (χ1) is 6.58. The minimum Gasteiger partial charge on any atom is -0.503 e. The molecule has 1 nitrogen and oxygen atoms in total. The minimum absolute atomic E-state index is 0.0742. The van der Waals surface area contributed by atoms with Crippen molar-refractivity contribution < 1.29 is 3.79 Å². The predicted molar refractivity (Wildman–Crippen MR) is 63.9 cm³/mol. The third-order valence-corrected chi connectivity index (χ3v) is 4.27. The summed E-state index contributed by atoms with van der Waals surface area (Å²) in [4.78, 5) is 0. The van der Waals surface area contributed by atoms with E-state index in [2.05, 4.69) is 20.8 Å². The SMILES string of the molecule is CC(C)(C)CCCCC1C[CH2][AlH][O]C1. The topological polar surface area (TPSA) is 9.23 Å². The molecule has 0 saturated carbocycles. The molecule has 1 saturated heterocycles. The lowest BCUT2D eigenvalue weighted by Gasteiger charge is -2.23. The molecule has 0 aromatic carbocycles. The molecule has 0 aromatic heterocycles. The van der Waals surface area contributed by atoms with Gasteiger partial charge < -0.3 is 3.79 Å². The fraction of sp³-hybridized carbons (Fsp3) is 1.00. The van der Waals surface area contributed by atoms with Gasteiger partial charge in [-0.15, -0.1) is 0 Å². The molecule has 2 heteroatoms. The molecular weight excluding hydrogens is 187 g/mol. The molecule has 0 radical (unpaired) electrons. The molecule has 0 bridgehead atoms. The third-order valence-electron chi connectivity index (χ3n) is 3.04. The van der Waals surface area contributed by atoms with Crippen LogP contribution in [0.15, 0.2) is 0 Å². The van der Waals surface area contributed by atoms with Crippen molar-refractivity contribution in [2.75, 3.05) is 6.61 Å². The van der Waals surface area contributed by atoms with Gasteiger partial charge in [0.25, 0.3) is 0 Å². The first-order valence-electron chi connectivity index (χ1n) is 6.16. The molecule has 1 rings (SSSR count). The summed E-state index contributed by atoms with van der Waals surface area (Å²) in [6.45, 7) is 8.09. The quantitative estimate of drug-likeness (QED) is 0.512. The van der Waals surface area contributed by atoms with E-state index in [1.807, 2.05) is 0 Å². The molecule has 0 amide bonds. The average molecular weight is 212 g/mol. The molecule has 14 heavy (non-hydrogen) atoms. The first-order valence-corrected chi connectivity index (χ1v) is 7.73. The van der Waals surface area contributed by atoms with Crippen LogP contribution in [0.1, 0.15) is 52.9 Å². The molecule has 1 aliphatic heterocycles. The Morgan fingerprint density at radius 1 is 1.29 bits per heavy atom. The monoisotopic (exact) mass is 212 g/mol. The van der Waals surface area contributed by atoms with Crippen LogP contribution in [0.3, 0.4) is 0 Å². The van der Waals surface area contributed by atoms with Gasteiger partial charge in [0.1, 0.15) is 0 Å². The number of rotatable bonds is 4. The van der Waals surface area contributed by atoms with Crippen molar-refractivity contribution in [3.8, 4) is 0 Å². The summed E-state index contributed by atoms with van der Waals surface area (Å²) in [5.41, 5.74) is 0.524. The Bertz CT molecular complexity index is 145. The number of hydrogen-bond donors (Lipinski definition) is 0. The molecule has 1 aliphatic rings. The zero-order chi connectivity index (χ0) is 10.4. The highest BCUT2D eigenvalue weighted by Gasteiger charge is 2.15. The molecule has 0 N–H and O–H groups in total. The van der Waals surface area contributed by atoms with Gasteiger partial charge in [-0.05, 0) is 24.2 Å². The van der Waals surface area contributed by atoms with E-state index in [4.69, 9.17) is 3.79 Å². The van der Waals surface area contributed by atoms with Crippen LogP contribution in [-0.2, 0) is 3.79 Å². The zero-order valence-corrected chi connectivity index (χ0v) is 11.6. The van der Waals surface area contributed by atoms with Crippen molar-refractivity contribution in [2.45, 2.75) is 58.2 Å². The van der Waals surface area contributed by atoms with Gasteiger partial charge in [-0.3, -0.25) is 0 Å². The van der Waals surface area contributed by atoms with Crippen LogP contribution >= 0.6 is 0 Å². The van der Waals surface area contributed by atoms with Crippen LogP contribution in [0, 0.1) is 11.3 Å². The average Bonchev–Trinajstić information content (AvgIpc) is 2.13. The maximum Gasteiger partial charge on any atom is 0.435 e. The summed E-state index contributed by atoms with van der Waals surface area (Å²) in [6.07, 6.45) is 7.05. The summed E-state index contributed by atoms with van der Waals surface area (Å²) in [6, 6.07) is 0. The smallest absolute Gasteiger partial charge is 0.435 e. The van der Waals surface area contributed by atoms with Crippen molar-refractivity contribution in [3.63, 3.8) is 0 Å². The molecular formula is C12H25AlO. The van der Waals surface area contributed by atoms with Crippen molar-refractivity contribution >= 4 is 15.6 Å². The van der Waals surface area contributed by atoms with Crippen LogP contribution in [0.2, 0.25) is 5.28 Å². The fourth-order valence-electron chi connectivity index (χ4n) is 2.12. The lowest BCUT2D eigenvalue weighted by molar-refractivity contribution is 0.215. The van der Waals surface area contributed by atoms with Crippen LogP contribution in [0.25, 0.3) is 0 Å². The highest BCUT2D eigenvalue weighted by molar-refractivity contribution is 6.27. The lowest BCUT2D eigenvalue weighted by atomic mass is 9.88. The Hall–Kier alpha value is 0.492. The van der Waals surface area contributed by atoms with Crippen LogP contribution in [-0.4, -0.2) is 22.2 Å². The molecule has 0 aliphatic carbocycles. The molecule has 0 spiro atoms. The van der Waals surface area contributed by atoms with Gasteiger partial charge in [-0.2, -0.15) is 0 Å². The maximum absolute atomic E-state index is 5.62. The van der Waals surface area contributed by atoms with Crippen molar-refractivity contribution in [3.05, 3.63) is 0 Å². The summed E-state index contributed by atoms with van der Waals surface area (Å²) in [7, 11) is 0. The molecule has 0 aromatic rings. The second-order valence-corrected chi connectivity index (χ2v) is 7.41. The van der Waals surface area contributed by atoms with E-state index in [0.717, 1.165) is 12.5 Å². The maximum atomic E-state index is 5.62. The van der Waals surface area contributed by atoms with Gasteiger partial charge in [-0.1, -0.05) is 45.3 Å². The highest BCUT2D eigenvalue weighted by Crippen LogP contribution is 2.25. The van der Waals surface area contributed by atoms with Crippen molar-refractivity contribution in [1.82, 2.24) is 0 Å². The normalized spacial score (nSPS) is 23.2. The number of unbranched alkanes of at least 4 members (excludes halogenated alkanes) is 1. The summed E-state index contributed by atoms with van der Waals surface area (Å²) >= 11 is -0.0742. The van der Waals surface area contributed by atoms with Crippen LogP contribution in [0.4, 0.5) is 0 Å². The summed E-state index contributed by atoms with van der Waals surface area (Å²) < 4.78 is 5.62. The van der Waals surface area contributed by atoms with E-state index in [-0.39, 0.29) is 15.6 Å². The fourth-order valence-corrected chi connectivity index (χ4v) is 3.57. The largest absolute Gasteiger partial charge is 0.503 e. The van der Waals surface area contributed by atoms with E-state index in [1.165, 1.54) is 37.4 Å². The van der Waals surface area contributed by atoms with Gasteiger partial charge in [0, 0.05) is 6.61 Å². The van der Waals surface area contributed by atoms with E-state index in [9.17, 15) is 0 Å². The molecule has 1 atom stereocenters. The Kier molecular flexibility index (Phi) is 5.52. The van der Waals surface area contributed by atoms with Crippen molar-refractivity contribution in [2.24, 2.45) is 11.3 Å². The zero-order valence-electron chi connectivity index (χ0n) is 10.1. The van der Waals surface area contributed by atoms with Gasteiger partial charge in [0.2, 0.25) is 0 Å². The van der Waals surface area contributed by atoms with E-state index in [0.29, 0.717) is 5.41 Å². The van der Waals surface area contributed by atoms with E-state index in [1.54, 1.807) is 0 Å². The summed E-state index contributed by atoms with van der Waals surface area (Å²) in [5.74, 6) is 0.899. The second kappa shape index (κ2) is 6.16. The molecule has 1 heterocycles. The third kappa shape index (κ3) is 6.07. The minimum atomic E-state index is -0.0742.